The molecule has 4 rings (SSSR count). The van der Waals surface area contributed by atoms with E-state index in [2.05, 4.69) is 9.97 Å². The van der Waals surface area contributed by atoms with Crippen LogP contribution < -0.4 is 11.5 Å². The minimum absolute atomic E-state index is 0.149. The summed E-state index contributed by atoms with van der Waals surface area (Å²) in [7, 11) is 0. The monoisotopic (exact) mass is 449 g/mol. The molecule has 1 aliphatic rings. The molecule has 0 fully saturated rings. The van der Waals surface area contributed by atoms with E-state index in [-0.39, 0.29) is 17.6 Å². The van der Waals surface area contributed by atoms with Gasteiger partial charge < -0.3 is 21.0 Å². The highest BCUT2D eigenvalue weighted by atomic mass is 19.1. The van der Waals surface area contributed by atoms with Crippen molar-refractivity contribution >= 4 is 5.70 Å². The lowest BCUT2D eigenvalue weighted by Gasteiger charge is -2.25. The zero-order valence-corrected chi connectivity index (χ0v) is 19.0. The first-order chi connectivity index (χ1) is 15.6. The lowest BCUT2D eigenvalue weighted by Crippen LogP contribution is -2.19. The van der Waals surface area contributed by atoms with Gasteiger partial charge in [-0.1, -0.05) is 12.1 Å². The summed E-state index contributed by atoms with van der Waals surface area (Å²) in [6, 6.07) is 4.89. The van der Waals surface area contributed by atoms with E-state index in [9.17, 15) is 9.50 Å². The molecule has 0 amide bonds. The Labute approximate surface area is 192 Å². The first-order valence-electron chi connectivity index (χ1n) is 10.9. The highest BCUT2D eigenvalue weighted by molar-refractivity contribution is 5.69. The molecule has 7 nitrogen and oxygen atoms in total. The lowest BCUT2D eigenvalue weighted by atomic mass is 9.84. The maximum Gasteiger partial charge on any atom is 0.226 e. The van der Waals surface area contributed by atoms with Gasteiger partial charge >= 0.3 is 0 Å². The molecule has 0 saturated heterocycles. The van der Waals surface area contributed by atoms with Crippen molar-refractivity contribution in [2.75, 3.05) is 0 Å². The van der Waals surface area contributed by atoms with Gasteiger partial charge in [0.05, 0.1) is 18.1 Å². The van der Waals surface area contributed by atoms with Crippen molar-refractivity contribution < 1.29 is 13.9 Å². The Hall–Kier alpha value is -3.52. The van der Waals surface area contributed by atoms with E-state index < -0.39 is 5.60 Å². The smallest absolute Gasteiger partial charge is 0.226 e. The number of aryl methyl sites for hydroxylation is 1. The Morgan fingerprint density at radius 2 is 2.06 bits per heavy atom. The highest BCUT2D eigenvalue weighted by Gasteiger charge is 2.26. The second-order valence-corrected chi connectivity index (χ2v) is 8.87. The van der Waals surface area contributed by atoms with E-state index in [0.29, 0.717) is 34.1 Å². The summed E-state index contributed by atoms with van der Waals surface area (Å²) in [5.41, 5.74) is 15.9. The van der Waals surface area contributed by atoms with Crippen LogP contribution in [0.1, 0.15) is 61.7 Å². The molecule has 2 aromatic heterocycles. The third-order valence-corrected chi connectivity index (χ3v) is 5.82. The molecule has 1 aromatic carbocycles. The van der Waals surface area contributed by atoms with Crippen molar-refractivity contribution in [2.45, 2.75) is 51.6 Å². The molecule has 172 valence electrons. The maximum atomic E-state index is 14.4. The molecule has 0 bridgehead atoms. The second-order valence-electron chi connectivity index (χ2n) is 8.87. The zero-order valence-electron chi connectivity index (χ0n) is 19.0. The van der Waals surface area contributed by atoms with E-state index in [4.69, 9.17) is 20.9 Å². The fraction of sp³-hybridized carbons (Fsp3) is 0.320. The summed E-state index contributed by atoms with van der Waals surface area (Å²) in [5, 5.41) is 10.1. The minimum Gasteiger partial charge on any atom is -0.436 e. The van der Waals surface area contributed by atoms with Crippen molar-refractivity contribution in [3.8, 4) is 11.5 Å². The van der Waals surface area contributed by atoms with Crippen LogP contribution in [0.25, 0.3) is 17.2 Å². The number of rotatable bonds is 5. The fourth-order valence-corrected chi connectivity index (χ4v) is 4.08. The van der Waals surface area contributed by atoms with E-state index in [1.54, 1.807) is 38.4 Å². The number of aromatic nitrogens is 3. The molecule has 3 aromatic rings. The Morgan fingerprint density at radius 3 is 2.76 bits per heavy atom. The topological polar surface area (TPSA) is 124 Å². The molecule has 5 N–H and O–H groups in total. The van der Waals surface area contributed by atoms with Gasteiger partial charge in [0.1, 0.15) is 17.1 Å². The average molecular weight is 450 g/mol. The van der Waals surface area contributed by atoms with Gasteiger partial charge in [-0.25, -0.2) is 14.4 Å². The van der Waals surface area contributed by atoms with Crippen LogP contribution in [0.5, 0.6) is 0 Å². The summed E-state index contributed by atoms with van der Waals surface area (Å²) in [6.07, 6.45) is 9.01. The van der Waals surface area contributed by atoms with Crippen LogP contribution in [-0.2, 0) is 5.60 Å². The number of benzene rings is 1. The number of allylic oxidation sites excluding steroid dienone is 3. The van der Waals surface area contributed by atoms with E-state index in [1.165, 1.54) is 12.3 Å². The number of nitrogens with zero attached hydrogens (tertiary/aromatic N) is 3. The van der Waals surface area contributed by atoms with Gasteiger partial charge in [-0.2, -0.15) is 0 Å². The molecule has 1 unspecified atom stereocenters. The van der Waals surface area contributed by atoms with Gasteiger partial charge in [0.25, 0.3) is 0 Å². The van der Waals surface area contributed by atoms with Gasteiger partial charge in [-0.15, -0.1) is 0 Å². The predicted octanol–water partition coefficient (Wildman–Crippen LogP) is 4.29. The van der Waals surface area contributed by atoms with E-state index in [0.717, 1.165) is 30.4 Å². The van der Waals surface area contributed by atoms with Crippen molar-refractivity contribution in [2.24, 2.45) is 11.5 Å². The van der Waals surface area contributed by atoms with E-state index in [1.807, 2.05) is 13.0 Å². The van der Waals surface area contributed by atoms with Crippen LogP contribution in [0.4, 0.5) is 4.39 Å². The molecule has 33 heavy (non-hydrogen) atoms. The third kappa shape index (κ3) is 4.66. The normalized spacial score (nSPS) is 17.5. The molecule has 0 aliphatic heterocycles. The number of nitrogens with two attached hydrogens (primary N) is 2. The van der Waals surface area contributed by atoms with Gasteiger partial charge in [-0.3, -0.25) is 4.98 Å². The van der Waals surface area contributed by atoms with Crippen molar-refractivity contribution in [3.05, 3.63) is 82.7 Å². The molecule has 0 spiro atoms. The predicted molar refractivity (Wildman–Crippen MR) is 124 cm³/mol. The average Bonchev–Trinajstić information content (AvgIpc) is 3.26. The largest absolute Gasteiger partial charge is 0.436 e. The molecular weight excluding hydrogens is 421 g/mol. The standard InChI is InChI=1S/C25H28FN5O2/c1-14-6-4-9-17(26)22(14)18(27)10-15-7-5-8-16(23(15)28)19-11-29-12-20(31-19)21-13-30-24(33-21)25(2,3)32/h4,6,9-13,16,32H,5,7-8,27-28H2,1-3H3/b18-10-. The molecular formula is C25H28FN5O2. The molecule has 2 heterocycles. The van der Waals surface area contributed by atoms with Gasteiger partial charge in [0.2, 0.25) is 5.89 Å². The van der Waals surface area contributed by atoms with Crippen LogP contribution in [-0.4, -0.2) is 20.1 Å². The minimum atomic E-state index is -1.20. The fourth-order valence-electron chi connectivity index (χ4n) is 4.08. The summed E-state index contributed by atoms with van der Waals surface area (Å²) < 4.78 is 20.0. The number of halogens is 1. The Morgan fingerprint density at radius 1 is 1.27 bits per heavy atom. The van der Waals surface area contributed by atoms with E-state index >= 15 is 0 Å². The van der Waals surface area contributed by atoms with Crippen LogP contribution in [0.3, 0.4) is 0 Å². The number of oxazole rings is 1. The Balaban J connectivity index is 1.67. The van der Waals surface area contributed by atoms with Crippen LogP contribution >= 0.6 is 0 Å². The lowest BCUT2D eigenvalue weighted by molar-refractivity contribution is 0.0490. The first kappa shape index (κ1) is 22.7. The van der Waals surface area contributed by atoms with Gasteiger partial charge in [0, 0.05) is 29.1 Å². The maximum absolute atomic E-state index is 14.4. The molecule has 8 heteroatoms. The molecule has 0 radical (unpaired) electrons. The van der Waals surface area contributed by atoms with Crippen LogP contribution in [0, 0.1) is 12.7 Å². The first-order valence-corrected chi connectivity index (χ1v) is 10.9. The summed E-state index contributed by atoms with van der Waals surface area (Å²) in [5.74, 6) is 0.113. The number of hydrogen-bond donors (Lipinski definition) is 3. The summed E-state index contributed by atoms with van der Waals surface area (Å²) in [6.45, 7) is 5.03. The Bertz CT molecular complexity index is 1220. The number of aliphatic hydroxyl groups is 1. The van der Waals surface area contributed by atoms with Gasteiger partial charge in [0.15, 0.2) is 5.76 Å². The van der Waals surface area contributed by atoms with Gasteiger partial charge in [-0.05, 0) is 63.3 Å². The second kappa shape index (κ2) is 8.78. The molecule has 1 aliphatic carbocycles. The van der Waals surface area contributed by atoms with Crippen molar-refractivity contribution in [1.82, 2.24) is 15.0 Å². The van der Waals surface area contributed by atoms with Crippen LogP contribution in [0.2, 0.25) is 0 Å². The Kier molecular flexibility index (Phi) is 6.03. The number of hydrogen-bond acceptors (Lipinski definition) is 7. The summed E-state index contributed by atoms with van der Waals surface area (Å²) >= 11 is 0. The quantitative estimate of drug-likeness (QED) is 0.531. The zero-order chi connectivity index (χ0) is 23.8. The molecule has 0 saturated carbocycles. The molecule has 1 atom stereocenters. The summed E-state index contributed by atoms with van der Waals surface area (Å²) in [4.78, 5) is 13.2. The van der Waals surface area contributed by atoms with Crippen molar-refractivity contribution in [3.63, 3.8) is 0 Å². The van der Waals surface area contributed by atoms with Crippen LogP contribution in [0.15, 0.2) is 58.6 Å². The van der Waals surface area contributed by atoms with Crippen molar-refractivity contribution in [1.29, 1.82) is 0 Å². The SMILES string of the molecule is Cc1cccc(F)c1/C(N)=C/C1=C(N)C(c2cncc(-c3cnc(C(C)(C)O)o3)n2)CCC1. The third-order valence-electron chi connectivity index (χ3n) is 5.82. The highest BCUT2D eigenvalue weighted by Crippen LogP contribution is 2.36.